The second-order valence-electron chi connectivity index (χ2n) is 3.10. The molecule has 2 atom stereocenters. The molecule has 1 aliphatic rings. The van der Waals surface area contributed by atoms with E-state index in [9.17, 15) is 4.21 Å². The van der Waals surface area contributed by atoms with Gasteiger partial charge in [0, 0.05) is 23.8 Å². The Kier molecular flexibility index (Phi) is 4.51. The number of rotatable bonds is 2. The Hall–Kier alpha value is -0.450. The SMILES string of the molecule is Cl.O=S(c1ccncc1)[C@@H]1CCNC1. The van der Waals surface area contributed by atoms with Gasteiger partial charge in [0.1, 0.15) is 0 Å². The monoisotopic (exact) mass is 232 g/mol. The van der Waals surface area contributed by atoms with Crippen LogP contribution in [0.3, 0.4) is 0 Å². The zero-order valence-corrected chi connectivity index (χ0v) is 9.31. The van der Waals surface area contributed by atoms with Gasteiger partial charge in [-0.25, -0.2) is 0 Å². The van der Waals surface area contributed by atoms with E-state index in [-0.39, 0.29) is 17.7 Å². The number of aromatic nitrogens is 1. The van der Waals surface area contributed by atoms with Gasteiger partial charge in [0.2, 0.25) is 0 Å². The fourth-order valence-electron chi connectivity index (χ4n) is 1.48. The summed E-state index contributed by atoms with van der Waals surface area (Å²) in [6.45, 7) is 1.86. The molecular formula is C9H13ClN2OS. The second-order valence-corrected chi connectivity index (χ2v) is 4.83. The molecule has 1 fully saturated rings. The number of hydrogen-bond donors (Lipinski definition) is 1. The van der Waals surface area contributed by atoms with Gasteiger partial charge in [-0.15, -0.1) is 12.4 Å². The highest BCUT2D eigenvalue weighted by molar-refractivity contribution is 7.85. The molecule has 1 N–H and O–H groups in total. The van der Waals surface area contributed by atoms with Crippen LogP contribution in [0.4, 0.5) is 0 Å². The van der Waals surface area contributed by atoms with E-state index in [2.05, 4.69) is 10.3 Å². The molecule has 0 aliphatic carbocycles. The number of pyridine rings is 1. The van der Waals surface area contributed by atoms with Gasteiger partial charge < -0.3 is 5.32 Å². The summed E-state index contributed by atoms with van der Waals surface area (Å²) in [7, 11) is -0.861. The molecule has 14 heavy (non-hydrogen) atoms. The van der Waals surface area contributed by atoms with Crippen molar-refractivity contribution in [2.45, 2.75) is 16.6 Å². The molecule has 2 heterocycles. The third-order valence-corrected chi connectivity index (χ3v) is 3.94. The molecule has 1 unspecified atom stereocenters. The lowest BCUT2D eigenvalue weighted by molar-refractivity contribution is 0.672. The first-order valence-corrected chi connectivity index (χ1v) is 5.60. The van der Waals surface area contributed by atoms with Gasteiger partial charge in [-0.2, -0.15) is 0 Å². The average Bonchev–Trinajstić information content (AvgIpc) is 2.71. The lowest BCUT2D eigenvalue weighted by Gasteiger charge is -2.07. The number of nitrogens with one attached hydrogen (secondary N) is 1. The minimum absolute atomic E-state index is 0. The van der Waals surface area contributed by atoms with Crippen molar-refractivity contribution >= 4 is 23.2 Å². The van der Waals surface area contributed by atoms with Crippen molar-refractivity contribution in [2.24, 2.45) is 0 Å². The Morgan fingerprint density at radius 3 is 2.71 bits per heavy atom. The fourth-order valence-corrected chi connectivity index (χ4v) is 2.85. The first-order chi connectivity index (χ1) is 6.38. The van der Waals surface area contributed by atoms with Crippen LogP contribution in [0.5, 0.6) is 0 Å². The largest absolute Gasteiger partial charge is 0.315 e. The van der Waals surface area contributed by atoms with E-state index in [1.165, 1.54) is 0 Å². The average molecular weight is 233 g/mol. The summed E-state index contributed by atoms with van der Waals surface area (Å²) in [5.74, 6) is 0. The third-order valence-electron chi connectivity index (χ3n) is 2.20. The normalized spacial score (nSPS) is 22.7. The zero-order valence-electron chi connectivity index (χ0n) is 7.68. The van der Waals surface area contributed by atoms with Gasteiger partial charge in [0.15, 0.2) is 0 Å². The molecule has 2 rings (SSSR count). The summed E-state index contributed by atoms with van der Waals surface area (Å²) < 4.78 is 11.9. The molecule has 0 bridgehead atoms. The molecule has 0 saturated carbocycles. The van der Waals surface area contributed by atoms with Crippen LogP contribution < -0.4 is 5.32 Å². The quantitative estimate of drug-likeness (QED) is 0.827. The standard InChI is InChI=1S/C9H12N2OS.ClH/c12-13(9-3-6-11-7-9)8-1-4-10-5-2-8;/h1-2,4-5,9,11H,3,6-7H2;1H/t9-,13?;/m1./s1. The van der Waals surface area contributed by atoms with Crippen LogP contribution in [0.1, 0.15) is 6.42 Å². The third kappa shape index (κ3) is 2.53. The van der Waals surface area contributed by atoms with Gasteiger partial charge >= 0.3 is 0 Å². The van der Waals surface area contributed by atoms with Gasteiger partial charge in [0.25, 0.3) is 0 Å². The Balaban J connectivity index is 0.000000980. The predicted octanol–water partition coefficient (Wildman–Crippen LogP) is 0.973. The highest BCUT2D eigenvalue weighted by atomic mass is 35.5. The smallest absolute Gasteiger partial charge is 0.0575 e. The summed E-state index contributed by atoms with van der Waals surface area (Å²) in [5, 5.41) is 3.49. The molecule has 1 saturated heterocycles. The number of nitrogens with zero attached hydrogens (tertiary/aromatic N) is 1. The maximum absolute atomic E-state index is 11.9. The summed E-state index contributed by atoms with van der Waals surface area (Å²) in [6.07, 6.45) is 4.39. The van der Waals surface area contributed by atoms with E-state index >= 15 is 0 Å². The van der Waals surface area contributed by atoms with Gasteiger partial charge in [-0.1, -0.05) is 0 Å². The predicted molar refractivity (Wildman–Crippen MR) is 59.2 cm³/mol. The Morgan fingerprint density at radius 1 is 1.43 bits per heavy atom. The van der Waals surface area contributed by atoms with Crippen LogP contribution in [0.15, 0.2) is 29.4 Å². The number of hydrogen-bond acceptors (Lipinski definition) is 3. The lowest BCUT2D eigenvalue weighted by Crippen LogP contribution is -2.18. The Bertz CT molecular complexity index is 301. The molecule has 3 nitrogen and oxygen atoms in total. The van der Waals surface area contributed by atoms with Crippen LogP contribution in [0, 0.1) is 0 Å². The van der Waals surface area contributed by atoms with Crippen LogP contribution in [-0.2, 0) is 10.8 Å². The van der Waals surface area contributed by atoms with E-state index in [1.807, 2.05) is 12.1 Å². The minimum Gasteiger partial charge on any atom is -0.315 e. The molecule has 0 aromatic carbocycles. The summed E-state index contributed by atoms with van der Waals surface area (Å²) >= 11 is 0. The van der Waals surface area contributed by atoms with Crippen LogP contribution in [0.2, 0.25) is 0 Å². The van der Waals surface area contributed by atoms with E-state index in [0.717, 1.165) is 24.4 Å². The highest BCUT2D eigenvalue weighted by Crippen LogP contribution is 2.14. The Morgan fingerprint density at radius 2 is 2.14 bits per heavy atom. The van der Waals surface area contributed by atoms with E-state index in [4.69, 9.17) is 0 Å². The molecule has 78 valence electrons. The number of halogens is 1. The molecule has 0 spiro atoms. The minimum atomic E-state index is -0.861. The highest BCUT2D eigenvalue weighted by Gasteiger charge is 2.21. The van der Waals surface area contributed by atoms with E-state index < -0.39 is 10.8 Å². The van der Waals surface area contributed by atoms with Crippen LogP contribution in [0.25, 0.3) is 0 Å². The van der Waals surface area contributed by atoms with Crippen molar-refractivity contribution in [1.29, 1.82) is 0 Å². The van der Waals surface area contributed by atoms with Crippen molar-refractivity contribution < 1.29 is 4.21 Å². The van der Waals surface area contributed by atoms with Gasteiger partial charge in [-0.05, 0) is 25.1 Å². The maximum Gasteiger partial charge on any atom is 0.0575 e. The molecule has 1 aliphatic heterocycles. The van der Waals surface area contributed by atoms with Crippen LogP contribution in [-0.4, -0.2) is 27.5 Å². The first kappa shape index (κ1) is 11.6. The fraction of sp³-hybridized carbons (Fsp3) is 0.444. The summed E-state index contributed by atoms with van der Waals surface area (Å²) in [6, 6.07) is 3.66. The van der Waals surface area contributed by atoms with Crippen molar-refractivity contribution in [1.82, 2.24) is 10.3 Å². The summed E-state index contributed by atoms with van der Waals surface area (Å²) in [4.78, 5) is 4.80. The lowest BCUT2D eigenvalue weighted by atomic mass is 10.4. The Labute approximate surface area is 92.2 Å². The van der Waals surface area contributed by atoms with Crippen molar-refractivity contribution in [3.8, 4) is 0 Å². The van der Waals surface area contributed by atoms with Gasteiger partial charge in [-0.3, -0.25) is 9.19 Å². The zero-order chi connectivity index (χ0) is 9.10. The van der Waals surface area contributed by atoms with Crippen LogP contribution >= 0.6 is 12.4 Å². The molecule has 1 aromatic heterocycles. The second kappa shape index (κ2) is 5.44. The molecule has 5 heteroatoms. The van der Waals surface area contributed by atoms with Crippen molar-refractivity contribution in [3.63, 3.8) is 0 Å². The first-order valence-electron chi connectivity index (χ1n) is 4.39. The summed E-state index contributed by atoms with van der Waals surface area (Å²) in [5.41, 5.74) is 0. The maximum atomic E-state index is 11.9. The molecule has 0 radical (unpaired) electrons. The van der Waals surface area contributed by atoms with E-state index in [0.29, 0.717) is 0 Å². The van der Waals surface area contributed by atoms with Crippen molar-refractivity contribution in [3.05, 3.63) is 24.5 Å². The topological polar surface area (TPSA) is 42.0 Å². The molecule has 1 aromatic rings. The van der Waals surface area contributed by atoms with E-state index in [1.54, 1.807) is 12.4 Å². The van der Waals surface area contributed by atoms with Gasteiger partial charge in [0.05, 0.1) is 16.0 Å². The van der Waals surface area contributed by atoms with Crippen molar-refractivity contribution in [2.75, 3.05) is 13.1 Å². The molecule has 0 amide bonds. The molecular weight excluding hydrogens is 220 g/mol.